The number of hydrogen-bond donors (Lipinski definition) is 1. The fourth-order valence-corrected chi connectivity index (χ4v) is 1.93. The topological polar surface area (TPSA) is 15.3 Å². The van der Waals surface area contributed by atoms with E-state index in [1.54, 1.807) is 12.1 Å². The van der Waals surface area contributed by atoms with Gasteiger partial charge in [0.25, 0.3) is 0 Å². The third-order valence-corrected chi connectivity index (χ3v) is 2.92. The molecule has 0 amide bonds. The molecule has 0 atom stereocenters. The first kappa shape index (κ1) is 14.1. The first-order chi connectivity index (χ1) is 8.17. The quantitative estimate of drug-likeness (QED) is 0.785. The maximum atomic E-state index is 13.0. The first-order valence-electron chi connectivity index (χ1n) is 6.29. The molecule has 0 aliphatic carbocycles. The third kappa shape index (κ3) is 4.84. The van der Waals surface area contributed by atoms with Crippen LogP contribution in [-0.4, -0.2) is 31.6 Å². The summed E-state index contributed by atoms with van der Waals surface area (Å²) < 4.78 is 13.0. The molecule has 1 aromatic rings. The van der Waals surface area contributed by atoms with E-state index in [-0.39, 0.29) is 5.82 Å². The molecule has 0 aliphatic rings. The number of hydrogen-bond acceptors (Lipinski definition) is 2. The standard InChI is InChI=1S/C14H23FN2/c1-4-8-17(9-7-16-3)11-13-5-6-14(15)10-12(13)2/h5-6,10,16H,4,7-9,11H2,1-3H3. The Bertz CT molecular complexity index is 339. The average Bonchev–Trinajstić information content (AvgIpc) is 2.29. The molecule has 1 N–H and O–H groups in total. The van der Waals surface area contributed by atoms with Crippen LogP contribution < -0.4 is 5.32 Å². The van der Waals surface area contributed by atoms with E-state index in [0.717, 1.165) is 38.2 Å². The Morgan fingerprint density at radius 2 is 2.06 bits per heavy atom. The van der Waals surface area contributed by atoms with Crippen LogP contribution >= 0.6 is 0 Å². The highest BCUT2D eigenvalue weighted by molar-refractivity contribution is 5.26. The molecule has 3 heteroatoms. The van der Waals surface area contributed by atoms with Crippen LogP contribution in [0.4, 0.5) is 4.39 Å². The van der Waals surface area contributed by atoms with Crippen molar-refractivity contribution in [1.82, 2.24) is 10.2 Å². The molecule has 0 saturated heterocycles. The summed E-state index contributed by atoms with van der Waals surface area (Å²) in [4.78, 5) is 2.40. The van der Waals surface area contributed by atoms with Crippen LogP contribution in [0.15, 0.2) is 18.2 Å². The summed E-state index contributed by atoms with van der Waals surface area (Å²) in [5.41, 5.74) is 2.26. The van der Waals surface area contributed by atoms with Gasteiger partial charge in [0.2, 0.25) is 0 Å². The van der Waals surface area contributed by atoms with Crippen LogP contribution in [0, 0.1) is 12.7 Å². The Morgan fingerprint density at radius 1 is 1.29 bits per heavy atom. The van der Waals surface area contributed by atoms with Crippen molar-refractivity contribution in [2.24, 2.45) is 0 Å². The van der Waals surface area contributed by atoms with Gasteiger partial charge >= 0.3 is 0 Å². The SMILES string of the molecule is CCCN(CCNC)Cc1ccc(F)cc1C. The highest BCUT2D eigenvalue weighted by atomic mass is 19.1. The lowest BCUT2D eigenvalue weighted by molar-refractivity contribution is 0.267. The minimum absolute atomic E-state index is 0.150. The molecule has 1 aromatic carbocycles. The van der Waals surface area contributed by atoms with Crippen LogP contribution in [0.25, 0.3) is 0 Å². The fraction of sp³-hybridized carbons (Fsp3) is 0.571. The molecule has 17 heavy (non-hydrogen) atoms. The first-order valence-corrected chi connectivity index (χ1v) is 6.29. The van der Waals surface area contributed by atoms with Crippen LogP contribution in [0.5, 0.6) is 0 Å². The van der Waals surface area contributed by atoms with Gasteiger partial charge in [0.1, 0.15) is 5.82 Å². The lowest BCUT2D eigenvalue weighted by Crippen LogP contribution is -2.31. The molecular formula is C14H23FN2. The van der Waals surface area contributed by atoms with Gasteiger partial charge in [-0.05, 0) is 50.2 Å². The van der Waals surface area contributed by atoms with E-state index in [1.165, 1.54) is 5.56 Å². The second-order valence-electron chi connectivity index (χ2n) is 4.45. The summed E-state index contributed by atoms with van der Waals surface area (Å²) in [6, 6.07) is 5.05. The Kier molecular flexibility index (Phi) is 6.16. The second-order valence-corrected chi connectivity index (χ2v) is 4.45. The molecule has 0 fully saturated rings. The summed E-state index contributed by atoms with van der Waals surface area (Å²) >= 11 is 0. The zero-order chi connectivity index (χ0) is 12.7. The molecule has 0 aliphatic heterocycles. The highest BCUT2D eigenvalue weighted by Crippen LogP contribution is 2.12. The van der Waals surface area contributed by atoms with Gasteiger partial charge in [-0.2, -0.15) is 0 Å². The van der Waals surface area contributed by atoms with E-state index in [2.05, 4.69) is 17.1 Å². The number of nitrogens with zero attached hydrogens (tertiary/aromatic N) is 1. The lowest BCUT2D eigenvalue weighted by atomic mass is 10.1. The molecule has 0 unspecified atom stereocenters. The van der Waals surface area contributed by atoms with Gasteiger partial charge in [-0.25, -0.2) is 4.39 Å². The highest BCUT2D eigenvalue weighted by Gasteiger charge is 2.07. The number of rotatable bonds is 7. The van der Waals surface area contributed by atoms with E-state index < -0.39 is 0 Å². The van der Waals surface area contributed by atoms with E-state index in [4.69, 9.17) is 0 Å². The molecule has 2 nitrogen and oxygen atoms in total. The molecule has 0 bridgehead atoms. The van der Waals surface area contributed by atoms with Crippen molar-refractivity contribution in [2.75, 3.05) is 26.7 Å². The van der Waals surface area contributed by atoms with E-state index in [1.807, 2.05) is 20.0 Å². The van der Waals surface area contributed by atoms with Crippen molar-refractivity contribution in [3.63, 3.8) is 0 Å². The van der Waals surface area contributed by atoms with Crippen molar-refractivity contribution in [1.29, 1.82) is 0 Å². The largest absolute Gasteiger partial charge is 0.318 e. The zero-order valence-electron chi connectivity index (χ0n) is 11.1. The second kappa shape index (κ2) is 7.41. The van der Waals surface area contributed by atoms with E-state index in [9.17, 15) is 4.39 Å². The van der Waals surface area contributed by atoms with Crippen molar-refractivity contribution < 1.29 is 4.39 Å². The molecule has 0 spiro atoms. The summed E-state index contributed by atoms with van der Waals surface area (Å²) in [7, 11) is 1.97. The van der Waals surface area contributed by atoms with Gasteiger partial charge in [-0.15, -0.1) is 0 Å². The Morgan fingerprint density at radius 3 is 2.65 bits per heavy atom. The Hall–Kier alpha value is -0.930. The number of benzene rings is 1. The van der Waals surface area contributed by atoms with Gasteiger partial charge in [-0.1, -0.05) is 13.0 Å². The lowest BCUT2D eigenvalue weighted by Gasteiger charge is -2.22. The predicted molar refractivity (Wildman–Crippen MR) is 70.6 cm³/mol. The number of likely N-dealkylation sites (N-methyl/N-ethyl adjacent to an activating group) is 1. The van der Waals surface area contributed by atoms with Crippen molar-refractivity contribution in [3.8, 4) is 0 Å². The van der Waals surface area contributed by atoms with Crippen LogP contribution in [0.2, 0.25) is 0 Å². The molecule has 0 radical (unpaired) electrons. The number of halogens is 1. The third-order valence-electron chi connectivity index (χ3n) is 2.92. The van der Waals surface area contributed by atoms with E-state index >= 15 is 0 Å². The molecule has 96 valence electrons. The van der Waals surface area contributed by atoms with Gasteiger partial charge in [0.05, 0.1) is 0 Å². The molecule has 0 saturated carbocycles. The van der Waals surface area contributed by atoms with Crippen molar-refractivity contribution in [2.45, 2.75) is 26.8 Å². The molecule has 0 heterocycles. The van der Waals surface area contributed by atoms with Crippen LogP contribution in [0.1, 0.15) is 24.5 Å². The minimum Gasteiger partial charge on any atom is -0.318 e. The summed E-state index contributed by atoms with van der Waals surface area (Å²) in [5, 5.41) is 3.16. The normalized spacial score (nSPS) is 11.1. The molecular weight excluding hydrogens is 215 g/mol. The van der Waals surface area contributed by atoms with E-state index in [0.29, 0.717) is 0 Å². The Balaban J connectivity index is 2.64. The monoisotopic (exact) mass is 238 g/mol. The van der Waals surface area contributed by atoms with Crippen molar-refractivity contribution in [3.05, 3.63) is 35.1 Å². The molecule has 0 aromatic heterocycles. The number of aryl methyl sites for hydroxylation is 1. The predicted octanol–water partition coefficient (Wildman–Crippen LogP) is 2.57. The maximum absolute atomic E-state index is 13.0. The number of nitrogens with one attached hydrogen (secondary N) is 1. The minimum atomic E-state index is -0.150. The van der Waals surface area contributed by atoms with Crippen LogP contribution in [0.3, 0.4) is 0 Å². The molecule has 1 rings (SSSR count). The fourth-order valence-electron chi connectivity index (χ4n) is 1.93. The maximum Gasteiger partial charge on any atom is 0.123 e. The van der Waals surface area contributed by atoms with Gasteiger partial charge in [-0.3, -0.25) is 4.90 Å². The van der Waals surface area contributed by atoms with Gasteiger partial charge < -0.3 is 5.32 Å². The van der Waals surface area contributed by atoms with Gasteiger partial charge in [0, 0.05) is 19.6 Å². The Labute approximate surface area is 104 Å². The smallest absolute Gasteiger partial charge is 0.123 e. The summed E-state index contributed by atoms with van der Waals surface area (Å²) in [6.45, 7) is 8.16. The zero-order valence-corrected chi connectivity index (χ0v) is 11.1. The van der Waals surface area contributed by atoms with Crippen LogP contribution in [-0.2, 0) is 6.54 Å². The summed E-state index contributed by atoms with van der Waals surface area (Å²) in [6.07, 6.45) is 1.14. The van der Waals surface area contributed by atoms with Crippen molar-refractivity contribution >= 4 is 0 Å². The summed E-state index contributed by atoms with van der Waals surface area (Å²) in [5.74, 6) is -0.150. The average molecular weight is 238 g/mol. The van der Waals surface area contributed by atoms with Gasteiger partial charge in [0.15, 0.2) is 0 Å².